The number of benzene rings is 1. The van der Waals surface area contributed by atoms with Crippen LogP contribution in [0.25, 0.3) is 0 Å². The standard InChI is InChI=1S/C12H12N2O3S2/c1-16-9-5-3-4-8(11(9)17-2)6-13-14-10(15)7-19-12(14)18/h3-6H,7H2,1-2H3/b13-6+. The molecule has 2 rings (SSSR count). The molecule has 1 fully saturated rings. The average molecular weight is 296 g/mol. The van der Waals surface area contributed by atoms with Crippen LogP contribution in [-0.2, 0) is 4.79 Å². The maximum absolute atomic E-state index is 11.5. The summed E-state index contributed by atoms with van der Waals surface area (Å²) in [5, 5.41) is 5.32. The Hall–Kier alpha value is -1.60. The number of hydrazone groups is 1. The lowest BCUT2D eigenvalue weighted by atomic mass is 10.2. The first-order valence-corrected chi connectivity index (χ1v) is 6.81. The molecule has 0 aromatic heterocycles. The van der Waals surface area contributed by atoms with E-state index in [9.17, 15) is 4.79 Å². The summed E-state index contributed by atoms with van der Waals surface area (Å²) in [5.41, 5.74) is 0.717. The highest BCUT2D eigenvalue weighted by molar-refractivity contribution is 8.23. The van der Waals surface area contributed by atoms with Crippen molar-refractivity contribution in [3.8, 4) is 11.5 Å². The van der Waals surface area contributed by atoms with Gasteiger partial charge in [-0.1, -0.05) is 30.0 Å². The Morgan fingerprint density at radius 1 is 1.42 bits per heavy atom. The molecule has 0 unspecified atom stereocenters. The molecular formula is C12H12N2O3S2. The van der Waals surface area contributed by atoms with Gasteiger partial charge in [0.05, 0.1) is 26.2 Å². The van der Waals surface area contributed by atoms with Crippen molar-refractivity contribution in [2.24, 2.45) is 5.10 Å². The number of rotatable bonds is 4. The maximum Gasteiger partial charge on any atom is 0.259 e. The molecule has 19 heavy (non-hydrogen) atoms. The number of methoxy groups -OCH3 is 2. The van der Waals surface area contributed by atoms with Crippen LogP contribution in [0, 0.1) is 0 Å². The molecule has 1 aliphatic heterocycles. The maximum atomic E-state index is 11.5. The molecule has 1 saturated heterocycles. The van der Waals surface area contributed by atoms with E-state index in [-0.39, 0.29) is 5.91 Å². The number of thioether (sulfide) groups is 1. The van der Waals surface area contributed by atoms with Crippen molar-refractivity contribution in [3.05, 3.63) is 23.8 Å². The van der Waals surface area contributed by atoms with Crippen molar-refractivity contribution in [2.45, 2.75) is 0 Å². The third kappa shape index (κ3) is 2.87. The van der Waals surface area contributed by atoms with Crippen LogP contribution in [-0.4, -0.2) is 41.4 Å². The summed E-state index contributed by atoms with van der Waals surface area (Å²) in [6, 6.07) is 5.43. The van der Waals surface area contributed by atoms with Crippen molar-refractivity contribution in [1.29, 1.82) is 0 Å². The van der Waals surface area contributed by atoms with Gasteiger partial charge >= 0.3 is 0 Å². The number of hydrogen-bond acceptors (Lipinski definition) is 6. The summed E-state index contributed by atoms with van der Waals surface area (Å²) >= 11 is 6.35. The number of ether oxygens (including phenoxy) is 2. The van der Waals surface area contributed by atoms with Crippen molar-refractivity contribution < 1.29 is 14.3 Å². The van der Waals surface area contributed by atoms with Crippen molar-refractivity contribution >= 4 is 40.4 Å². The van der Waals surface area contributed by atoms with Crippen LogP contribution in [0.4, 0.5) is 0 Å². The van der Waals surface area contributed by atoms with Crippen LogP contribution in [0.3, 0.4) is 0 Å². The van der Waals surface area contributed by atoms with Gasteiger partial charge in [-0.2, -0.15) is 10.1 Å². The topological polar surface area (TPSA) is 51.1 Å². The van der Waals surface area contributed by atoms with E-state index in [1.165, 1.54) is 23.0 Å². The third-order valence-corrected chi connectivity index (χ3v) is 3.81. The lowest BCUT2D eigenvalue weighted by molar-refractivity contribution is -0.123. The predicted molar refractivity (Wildman–Crippen MR) is 79.0 cm³/mol. The highest BCUT2D eigenvalue weighted by Gasteiger charge is 2.26. The highest BCUT2D eigenvalue weighted by Crippen LogP contribution is 2.29. The molecule has 100 valence electrons. The molecule has 0 N–H and O–H groups in total. The summed E-state index contributed by atoms with van der Waals surface area (Å²) in [4.78, 5) is 11.5. The van der Waals surface area contributed by atoms with Gasteiger partial charge in [-0.15, -0.1) is 0 Å². The van der Waals surface area contributed by atoms with Crippen LogP contribution >= 0.6 is 24.0 Å². The Morgan fingerprint density at radius 3 is 2.79 bits per heavy atom. The largest absolute Gasteiger partial charge is 0.493 e. The number of carbonyl (C=O) groups excluding carboxylic acids is 1. The normalized spacial score (nSPS) is 15.4. The van der Waals surface area contributed by atoms with Gasteiger partial charge in [0.1, 0.15) is 0 Å². The fraction of sp³-hybridized carbons (Fsp3) is 0.250. The van der Waals surface area contributed by atoms with Gasteiger partial charge < -0.3 is 9.47 Å². The SMILES string of the molecule is COc1cccc(/C=N/N2C(=O)CSC2=S)c1OC. The van der Waals surface area contributed by atoms with E-state index in [4.69, 9.17) is 21.7 Å². The summed E-state index contributed by atoms with van der Waals surface area (Å²) < 4.78 is 10.9. The minimum absolute atomic E-state index is 0.117. The second kappa shape index (κ2) is 6.03. The average Bonchev–Trinajstić information content (AvgIpc) is 2.75. The summed E-state index contributed by atoms with van der Waals surface area (Å²) in [6.07, 6.45) is 1.54. The van der Waals surface area contributed by atoms with E-state index in [0.29, 0.717) is 27.1 Å². The minimum atomic E-state index is -0.117. The van der Waals surface area contributed by atoms with Gasteiger partial charge in [-0.05, 0) is 12.1 Å². The van der Waals surface area contributed by atoms with Gasteiger partial charge in [0, 0.05) is 5.56 Å². The Labute approximate surface area is 120 Å². The number of amides is 1. The molecular weight excluding hydrogens is 284 g/mol. The minimum Gasteiger partial charge on any atom is -0.493 e. The molecule has 5 nitrogen and oxygen atoms in total. The monoisotopic (exact) mass is 296 g/mol. The molecule has 0 radical (unpaired) electrons. The first kappa shape index (κ1) is 13.8. The third-order valence-electron chi connectivity index (χ3n) is 2.47. The molecule has 1 amide bonds. The van der Waals surface area contributed by atoms with Gasteiger partial charge in [0.2, 0.25) is 0 Å². The Balaban J connectivity index is 2.28. The van der Waals surface area contributed by atoms with E-state index in [1.807, 2.05) is 12.1 Å². The van der Waals surface area contributed by atoms with E-state index in [0.717, 1.165) is 0 Å². The number of para-hydroxylation sites is 1. The van der Waals surface area contributed by atoms with E-state index in [1.54, 1.807) is 20.3 Å². The summed E-state index contributed by atoms with van der Waals surface area (Å²) in [6.45, 7) is 0. The molecule has 0 spiro atoms. The fourth-order valence-corrected chi connectivity index (χ4v) is 2.56. The zero-order chi connectivity index (χ0) is 13.8. The highest BCUT2D eigenvalue weighted by atomic mass is 32.2. The molecule has 0 atom stereocenters. The van der Waals surface area contributed by atoms with Crippen LogP contribution in [0.1, 0.15) is 5.56 Å². The quantitative estimate of drug-likeness (QED) is 0.627. The molecule has 0 bridgehead atoms. The van der Waals surface area contributed by atoms with Gasteiger partial charge in [-0.25, -0.2) is 0 Å². The fourth-order valence-electron chi connectivity index (χ4n) is 1.59. The second-order valence-corrected chi connectivity index (χ2v) is 5.20. The Morgan fingerprint density at radius 2 is 2.21 bits per heavy atom. The second-order valence-electron chi connectivity index (χ2n) is 3.59. The Bertz CT molecular complexity index is 530. The van der Waals surface area contributed by atoms with Crippen molar-refractivity contribution in [1.82, 2.24) is 5.01 Å². The molecule has 1 heterocycles. The van der Waals surface area contributed by atoms with Crippen LogP contribution in [0.15, 0.2) is 23.3 Å². The van der Waals surface area contributed by atoms with Gasteiger partial charge in [0.15, 0.2) is 15.8 Å². The first-order valence-electron chi connectivity index (χ1n) is 5.42. The number of carbonyl (C=O) groups is 1. The number of thiocarbonyl (C=S) groups is 1. The van der Waals surface area contributed by atoms with E-state index < -0.39 is 0 Å². The molecule has 0 saturated carbocycles. The van der Waals surface area contributed by atoms with Gasteiger partial charge in [0.25, 0.3) is 5.91 Å². The number of hydrogen-bond donors (Lipinski definition) is 0. The van der Waals surface area contributed by atoms with Crippen LogP contribution < -0.4 is 9.47 Å². The smallest absolute Gasteiger partial charge is 0.259 e. The molecule has 0 aliphatic carbocycles. The molecule has 1 aromatic carbocycles. The van der Waals surface area contributed by atoms with Gasteiger partial charge in [-0.3, -0.25) is 4.79 Å². The first-order chi connectivity index (χ1) is 9.17. The zero-order valence-corrected chi connectivity index (χ0v) is 12.1. The van der Waals surface area contributed by atoms with Crippen LogP contribution in [0.5, 0.6) is 11.5 Å². The lowest BCUT2D eigenvalue weighted by Gasteiger charge is -2.11. The molecule has 1 aliphatic rings. The molecule has 7 heteroatoms. The zero-order valence-electron chi connectivity index (χ0n) is 10.5. The molecule has 1 aromatic rings. The summed E-state index contributed by atoms with van der Waals surface area (Å²) in [5.74, 6) is 1.40. The van der Waals surface area contributed by atoms with E-state index >= 15 is 0 Å². The van der Waals surface area contributed by atoms with Crippen molar-refractivity contribution in [2.75, 3.05) is 20.0 Å². The number of nitrogens with zero attached hydrogens (tertiary/aromatic N) is 2. The van der Waals surface area contributed by atoms with Crippen LogP contribution in [0.2, 0.25) is 0 Å². The van der Waals surface area contributed by atoms with Crippen molar-refractivity contribution in [3.63, 3.8) is 0 Å². The Kier molecular flexibility index (Phi) is 4.39. The summed E-state index contributed by atoms with van der Waals surface area (Å²) in [7, 11) is 3.12. The lowest BCUT2D eigenvalue weighted by Crippen LogP contribution is -2.22. The van der Waals surface area contributed by atoms with E-state index in [2.05, 4.69) is 5.10 Å². The predicted octanol–water partition coefficient (Wildman–Crippen LogP) is 1.90.